The van der Waals surface area contributed by atoms with Crippen LogP contribution in [0.5, 0.6) is 5.75 Å². The molecule has 0 aliphatic carbocycles. The van der Waals surface area contributed by atoms with E-state index in [0.29, 0.717) is 41.5 Å². The number of phenols is 1. The Morgan fingerprint density at radius 3 is 2.81 bits per heavy atom. The molecular weight excluding hydrogens is 379 g/mol. The molecule has 2 fully saturated rings. The number of fused-ring (bicyclic) bond motifs is 1. The molecule has 1 aromatic rings. The largest absolute Gasteiger partial charge is 0.508 e. The molecule has 2 amide bonds. The van der Waals surface area contributed by atoms with E-state index >= 15 is 0 Å². The zero-order valence-corrected chi connectivity index (χ0v) is 16.0. The highest BCUT2D eigenvalue weighted by Crippen LogP contribution is 2.43. The van der Waals surface area contributed by atoms with Gasteiger partial charge in [0.25, 0.3) is 0 Å². The fraction of sp³-hybridized carbons (Fsp3) is 0.556. The standard InChI is InChI=1S/C18H22Cl2N2O4/c1-10(9-23)18(26)21-7-12-6-11(4-5-22(12)15(25)8-21)16-14(24)3-2-13(19)17(16)20/h2-3,10-12,23-24H,4-9H2,1H3/t10-,11+,12-/m0/s1. The molecule has 0 radical (unpaired) electrons. The van der Waals surface area contributed by atoms with Crippen molar-refractivity contribution in [3.8, 4) is 5.75 Å². The van der Waals surface area contributed by atoms with E-state index < -0.39 is 5.92 Å². The third kappa shape index (κ3) is 3.50. The maximum atomic E-state index is 12.5. The quantitative estimate of drug-likeness (QED) is 0.814. The lowest BCUT2D eigenvalue weighted by atomic mass is 9.83. The molecule has 2 aliphatic heterocycles. The molecular formula is C18H22Cl2N2O4. The van der Waals surface area contributed by atoms with Crippen LogP contribution in [0, 0.1) is 5.92 Å². The summed E-state index contributed by atoms with van der Waals surface area (Å²) in [4.78, 5) is 28.2. The Hall–Kier alpha value is -1.50. The fourth-order valence-corrected chi connectivity index (χ4v) is 4.37. The summed E-state index contributed by atoms with van der Waals surface area (Å²) in [5, 5.41) is 20.2. The van der Waals surface area contributed by atoms with Gasteiger partial charge in [-0.15, -0.1) is 0 Å². The van der Waals surface area contributed by atoms with E-state index in [1.54, 1.807) is 17.9 Å². The van der Waals surface area contributed by atoms with E-state index in [1.807, 2.05) is 0 Å². The monoisotopic (exact) mass is 400 g/mol. The van der Waals surface area contributed by atoms with Crippen molar-refractivity contribution < 1.29 is 19.8 Å². The van der Waals surface area contributed by atoms with Crippen molar-refractivity contribution in [2.45, 2.75) is 31.7 Å². The van der Waals surface area contributed by atoms with Gasteiger partial charge in [-0.2, -0.15) is 0 Å². The zero-order chi connectivity index (χ0) is 19.0. The van der Waals surface area contributed by atoms with E-state index in [9.17, 15) is 19.8 Å². The van der Waals surface area contributed by atoms with Gasteiger partial charge in [0.2, 0.25) is 11.8 Å². The lowest BCUT2D eigenvalue weighted by molar-refractivity contribution is -0.152. The van der Waals surface area contributed by atoms with Gasteiger partial charge in [-0.3, -0.25) is 9.59 Å². The molecule has 26 heavy (non-hydrogen) atoms. The van der Waals surface area contributed by atoms with Gasteiger partial charge in [-0.05, 0) is 30.9 Å². The molecule has 1 aromatic carbocycles. The van der Waals surface area contributed by atoms with E-state index in [2.05, 4.69) is 0 Å². The van der Waals surface area contributed by atoms with Crippen LogP contribution in [0.25, 0.3) is 0 Å². The minimum Gasteiger partial charge on any atom is -0.508 e. The highest BCUT2D eigenvalue weighted by Gasteiger charge is 2.40. The average molecular weight is 401 g/mol. The first kappa shape index (κ1) is 19.3. The summed E-state index contributed by atoms with van der Waals surface area (Å²) in [5.74, 6) is -0.770. The van der Waals surface area contributed by atoms with Gasteiger partial charge < -0.3 is 20.0 Å². The molecule has 0 bridgehead atoms. The number of piperazine rings is 1. The molecule has 142 valence electrons. The molecule has 0 saturated carbocycles. The summed E-state index contributed by atoms with van der Waals surface area (Å²) in [6.07, 6.45) is 1.27. The highest BCUT2D eigenvalue weighted by molar-refractivity contribution is 6.42. The molecule has 8 heteroatoms. The SMILES string of the molecule is C[C@@H](CO)C(=O)N1CC(=O)N2CC[C@@H](c3c(O)ccc(Cl)c3Cl)C[C@H]2C1. The molecule has 2 saturated heterocycles. The Bertz CT molecular complexity index is 727. The number of aliphatic hydroxyl groups is 1. The smallest absolute Gasteiger partial charge is 0.242 e. The minimum absolute atomic E-state index is 0.0411. The van der Waals surface area contributed by atoms with Crippen molar-refractivity contribution in [2.75, 3.05) is 26.2 Å². The number of carbonyl (C=O) groups is 2. The van der Waals surface area contributed by atoms with Crippen LogP contribution in [-0.4, -0.2) is 64.1 Å². The predicted octanol–water partition coefficient (Wildman–Crippen LogP) is 2.24. The van der Waals surface area contributed by atoms with Crippen molar-refractivity contribution in [1.29, 1.82) is 0 Å². The summed E-state index contributed by atoms with van der Waals surface area (Å²) in [5.41, 5.74) is 0.610. The van der Waals surface area contributed by atoms with E-state index in [0.717, 1.165) is 0 Å². The maximum Gasteiger partial charge on any atom is 0.242 e. The first-order chi connectivity index (χ1) is 12.3. The van der Waals surface area contributed by atoms with E-state index in [4.69, 9.17) is 23.2 Å². The number of phenolic OH excluding ortho intramolecular Hbond substituents is 1. The number of hydrogen-bond acceptors (Lipinski definition) is 4. The molecule has 0 aromatic heterocycles. The number of nitrogens with zero attached hydrogens (tertiary/aromatic N) is 2. The van der Waals surface area contributed by atoms with Crippen molar-refractivity contribution in [2.24, 2.45) is 5.92 Å². The van der Waals surface area contributed by atoms with E-state index in [1.165, 1.54) is 11.0 Å². The minimum atomic E-state index is -0.528. The van der Waals surface area contributed by atoms with Gasteiger partial charge in [0.15, 0.2) is 0 Å². The van der Waals surface area contributed by atoms with E-state index in [-0.39, 0.29) is 42.7 Å². The van der Waals surface area contributed by atoms with Crippen molar-refractivity contribution in [1.82, 2.24) is 9.80 Å². The van der Waals surface area contributed by atoms with Gasteiger partial charge in [-0.25, -0.2) is 0 Å². The maximum absolute atomic E-state index is 12.5. The Balaban J connectivity index is 1.81. The fourth-order valence-electron chi connectivity index (χ4n) is 3.89. The summed E-state index contributed by atoms with van der Waals surface area (Å²) in [6.45, 7) is 2.42. The second-order valence-electron chi connectivity index (χ2n) is 7.06. The second-order valence-corrected chi connectivity index (χ2v) is 7.84. The lowest BCUT2D eigenvalue weighted by Gasteiger charge is -2.46. The van der Waals surface area contributed by atoms with Gasteiger partial charge in [0.1, 0.15) is 5.75 Å². The summed E-state index contributed by atoms with van der Waals surface area (Å²) >= 11 is 12.4. The lowest BCUT2D eigenvalue weighted by Crippen LogP contribution is -2.60. The zero-order valence-electron chi connectivity index (χ0n) is 14.5. The Kier molecular flexibility index (Phi) is 5.65. The Morgan fingerprint density at radius 2 is 2.12 bits per heavy atom. The molecule has 6 nitrogen and oxygen atoms in total. The normalized spacial score (nSPS) is 24.4. The van der Waals surface area contributed by atoms with Crippen LogP contribution < -0.4 is 0 Å². The van der Waals surface area contributed by atoms with Gasteiger partial charge >= 0.3 is 0 Å². The molecule has 0 spiro atoms. The van der Waals surface area contributed by atoms with Crippen LogP contribution in [0.2, 0.25) is 10.0 Å². The van der Waals surface area contributed by atoms with Gasteiger partial charge in [-0.1, -0.05) is 30.1 Å². The first-order valence-corrected chi connectivity index (χ1v) is 9.45. The van der Waals surface area contributed by atoms with Crippen LogP contribution in [0.1, 0.15) is 31.2 Å². The van der Waals surface area contributed by atoms with Crippen LogP contribution >= 0.6 is 23.2 Å². The predicted molar refractivity (Wildman–Crippen MR) is 98.4 cm³/mol. The number of halogens is 2. The Morgan fingerprint density at radius 1 is 1.38 bits per heavy atom. The number of benzene rings is 1. The summed E-state index contributed by atoms with van der Waals surface area (Å²) in [7, 11) is 0. The molecule has 2 aliphatic rings. The number of piperidine rings is 1. The van der Waals surface area contributed by atoms with Crippen molar-refractivity contribution >= 4 is 35.0 Å². The summed E-state index contributed by atoms with van der Waals surface area (Å²) in [6, 6.07) is 2.94. The highest BCUT2D eigenvalue weighted by atomic mass is 35.5. The number of carbonyl (C=O) groups excluding carboxylic acids is 2. The van der Waals surface area contributed by atoms with Gasteiger partial charge in [0.05, 0.1) is 29.1 Å². The van der Waals surface area contributed by atoms with Crippen molar-refractivity contribution in [3.63, 3.8) is 0 Å². The van der Waals surface area contributed by atoms with Crippen LogP contribution in [0.3, 0.4) is 0 Å². The average Bonchev–Trinajstić information content (AvgIpc) is 2.63. The van der Waals surface area contributed by atoms with Crippen LogP contribution in [-0.2, 0) is 9.59 Å². The van der Waals surface area contributed by atoms with Crippen molar-refractivity contribution in [3.05, 3.63) is 27.7 Å². The number of amides is 2. The molecule has 2 N–H and O–H groups in total. The number of aliphatic hydroxyl groups excluding tert-OH is 1. The molecule has 2 heterocycles. The number of aromatic hydroxyl groups is 1. The van der Waals surface area contributed by atoms with Crippen LogP contribution in [0.15, 0.2) is 12.1 Å². The number of rotatable bonds is 3. The second kappa shape index (κ2) is 7.62. The first-order valence-electron chi connectivity index (χ1n) is 8.69. The van der Waals surface area contributed by atoms with Gasteiger partial charge in [0, 0.05) is 24.7 Å². The molecule has 3 atom stereocenters. The number of hydrogen-bond donors (Lipinski definition) is 2. The summed E-state index contributed by atoms with van der Waals surface area (Å²) < 4.78 is 0. The molecule has 0 unspecified atom stereocenters. The topological polar surface area (TPSA) is 81.1 Å². The third-order valence-corrected chi connectivity index (χ3v) is 6.14. The Labute approximate surface area is 162 Å². The molecule has 3 rings (SSSR count). The van der Waals surface area contributed by atoms with Crippen LogP contribution in [0.4, 0.5) is 0 Å². The third-order valence-electron chi connectivity index (χ3n) is 5.32.